The lowest BCUT2D eigenvalue weighted by molar-refractivity contribution is 0.182. The number of halogens is 1. The standard InChI is InChI=1S/C13H26ClN/c1-2-3-4-5-6-9-15-10-7-8-13(11-14)12-15/h13H,2-12H2,1H3. The molecule has 0 radical (unpaired) electrons. The van der Waals surface area contributed by atoms with E-state index in [0.717, 1.165) is 11.8 Å². The summed E-state index contributed by atoms with van der Waals surface area (Å²) in [6.45, 7) is 6.13. The molecule has 1 aliphatic rings. The van der Waals surface area contributed by atoms with Crippen LogP contribution in [0, 0.1) is 5.92 Å². The average molecular weight is 232 g/mol. The maximum atomic E-state index is 5.92. The average Bonchev–Trinajstić information content (AvgIpc) is 2.29. The summed E-state index contributed by atoms with van der Waals surface area (Å²) < 4.78 is 0. The molecule has 90 valence electrons. The van der Waals surface area contributed by atoms with E-state index >= 15 is 0 Å². The van der Waals surface area contributed by atoms with Crippen LogP contribution in [0.25, 0.3) is 0 Å². The number of nitrogens with zero attached hydrogens (tertiary/aromatic N) is 1. The van der Waals surface area contributed by atoms with Crippen LogP contribution in [0.1, 0.15) is 51.9 Å². The van der Waals surface area contributed by atoms with E-state index < -0.39 is 0 Å². The number of likely N-dealkylation sites (tertiary alicyclic amines) is 1. The molecule has 2 heteroatoms. The van der Waals surface area contributed by atoms with Crippen molar-refractivity contribution in [3.8, 4) is 0 Å². The van der Waals surface area contributed by atoms with Crippen LogP contribution in [-0.2, 0) is 0 Å². The number of hydrogen-bond donors (Lipinski definition) is 0. The van der Waals surface area contributed by atoms with Crippen LogP contribution >= 0.6 is 11.6 Å². The molecule has 0 aromatic rings. The topological polar surface area (TPSA) is 3.24 Å². The Hall–Kier alpha value is 0.250. The Bertz CT molecular complexity index is 149. The molecule has 0 bridgehead atoms. The fourth-order valence-corrected chi connectivity index (χ4v) is 2.67. The third-order valence-corrected chi connectivity index (χ3v) is 3.84. The Labute approximate surface area is 100 Å². The van der Waals surface area contributed by atoms with Gasteiger partial charge in [0.1, 0.15) is 0 Å². The molecule has 1 aliphatic heterocycles. The highest BCUT2D eigenvalue weighted by atomic mass is 35.5. The normalized spacial score (nSPS) is 23.2. The van der Waals surface area contributed by atoms with E-state index in [2.05, 4.69) is 11.8 Å². The molecule has 1 nitrogen and oxygen atoms in total. The van der Waals surface area contributed by atoms with Gasteiger partial charge in [0.25, 0.3) is 0 Å². The fraction of sp³-hybridized carbons (Fsp3) is 1.00. The second-order valence-electron chi connectivity index (χ2n) is 4.88. The van der Waals surface area contributed by atoms with E-state index in [4.69, 9.17) is 11.6 Å². The molecule has 1 unspecified atom stereocenters. The summed E-state index contributed by atoms with van der Waals surface area (Å²) in [6, 6.07) is 0. The molecule has 1 saturated heterocycles. The number of piperidine rings is 1. The van der Waals surface area contributed by atoms with Crippen molar-refractivity contribution in [3.05, 3.63) is 0 Å². The predicted molar refractivity (Wildman–Crippen MR) is 68.6 cm³/mol. The first-order valence-corrected chi connectivity index (χ1v) is 7.18. The van der Waals surface area contributed by atoms with Crippen LogP contribution < -0.4 is 0 Å². The number of alkyl halides is 1. The summed E-state index contributed by atoms with van der Waals surface area (Å²) in [5.41, 5.74) is 0. The third kappa shape index (κ3) is 5.77. The van der Waals surface area contributed by atoms with Crippen molar-refractivity contribution < 1.29 is 0 Å². The Morgan fingerprint density at radius 3 is 2.73 bits per heavy atom. The van der Waals surface area contributed by atoms with Crippen molar-refractivity contribution in [2.45, 2.75) is 51.9 Å². The van der Waals surface area contributed by atoms with Gasteiger partial charge in [0.05, 0.1) is 0 Å². The molecule has 0 spiro atoms. The molecule has 1 rings (SSSR count). The van der Waals surface area contributed by atoms with E-state index in [-0.39, 0.29) is 0 Å². The van der Waals surface area contributed by atoms with Gasteiger partial charge >= 0.3 is 0 Å². The lowest BCUT2D eigenvalue weighted by atomic mass is 10.00. The lowest BCUT2D eigenvalue weighted by Gasteiger charge is -2.31. The Morgan fingerprint density at radius 1 is 1.20 bits per heavy atom. The molecule has 0 N–H and O–H groups in total. The predicted octanol–water partition coefficient (Wildman–Crippen LogP) is 3.91. The van der Waals surface area contributed by atoms with Gasteiger partial charge in [-0.1, -0.05) is 32.6 Å². The quantitative estimate of drug-likeness (QED) is 0.475. The van der Waals surface area contributed by atoms with Gasteiger partial charge in [0.2, 0.25) is 0 Å². The summed E-state index contributed by atoms with van der Waals surface area (Å²) in [5.74, 6) is 1.61. The van der Waals surface area contributed by atoms with Gasteiger partial charge in [-0.15, -0.1) is 11.6 Å². The van der Waals surface area contributed by atoms with E-state index in [1.54, 1.807) is 0 Å². The maximum absolute atomic E-state index is 5.92. The summed E-state index contributed by atoms with van der Waals surface area (Å²) in [6.07, 6.45) is 9.67. The smallest absolute Gasteiger partial charge is 0.0263 e. The first kappa shape index (κ1) is 13.3. The van der Waals surface area contributed by atoms with Crippen LogP contribution in [0.4, 0.5) is 0 Å². The Kier molecular flexibility index (Phi) is 7.46. The largest absolute Gasteiger partial charge is 0.303 e. The zero-order valence-corrected chi connectivity index (χ0v) is 10.9. The number of rotatable bonds is 7. The van der Waals surface area contributed by atoms with Gasteiger partial charge in [0, 0.05) is 12.4 Å². The summed E-state index contributed by atoms with van der Waals surface area (Å²) in [7, 11) is 0. The third-order valence-electron chi connectivity index (χ3n) is 3.40. The monoisotopic (exact) mass is 231 g/mol. The van der Waals surface area contributed by atoms with Crippen molar-refractivity contribution >= 4 is 11.6 Å². The van der Waals surface area contributed by atoms with E-state index in [1.807, 2.05) is 0 Å². The van der Waals surface area contributed by atoms with Crippen molar-refractivity contribution in [1.29, 1.82) is 0 Å². The van der Waals surface area contributed by atoms with Crippen molar-refractivity contribution in [3.63, 3.8) is 0 Å². The van der Waals surface area contributed by atoms with Crippen LogP contribution in [0.15, 0.2) is 0 Å². The summed E-state index contributed by atoms with van der Waals surface area (Å²) in [4.78, 5) is 2.61. The van der Waals surface area contributed by atoms with Crippen LogP contribution in [0.5, 0.6) is 0 Å². The van der Waals surface area contributed by atoms with Gasteiger partial charge in [-0.25, -0.2) is 0 Å². The maximum Gasteiger partial charge on any atom is 0.0263 e. The zero-order valence-electron chi connectivity index (χ0n) is 10.2. The van der Waals surface area contributed by atoms with Gasteiger partial charge in [-0.05, 0) is 38.3 Å². The molecule has 1 fully saturated rings. The fourth-order valence-electron chi connectivity index (χ4n) is 2.42. The molecule has 0 aliphatic carbocycles. The van der Waals surface area contributed by atoms with Gasteiger partial charge in [-0.3, -0.25) is 0 Å². The van der Waals surface area contributed by atoms with E-state index in [0.29, 0.717) is 0 Å². The minimum Gasteiger partial charge on any atom is -0.303 e. The summed E-state index contributed by atoms with van der Waals surface area (Å²) >= 11 is 5.92. The lowest BCUT2D eigenvalue weighted by Crippen LogP contribution is -2.36. The molecular formula is C13H26ClN. The molecule has 1 atom stereocenters. The highest BCUT2D eigenvalue weighted by Gasteiger charge is 2.18. The van der Waals surface area contributed by atoms with Crippen LogP contribution in [0.2, 0.25) is 0 Å². The molecule has 1 heterocycles. The van der Waals surface area contributed by atoms with E-state index in [9.17, 15) is 0 Å². The minimum absolute atomic E-state index is 0.760. The molecule has 15 heavy (non-hydrogen) atoms. The van der Waals surface area contributed by atoms with Crippen molar-refractivity contribution in [2.24, 2.45) is 5.92 Å². The Morgan fingerprint density at radius 2 is 2.00 bits per heavy atom. The second-order valence-corrected chi connectivity index (χ2v) is 5.19. The van der Waals surface area contributed by atoms with Crippen molar-refractivity contribution in [1.82, 2.24) is 4.90 Å². The summed E-state index contributed by atoms with van der Waals surface area (Å²) in [5, 5.41) is 0. The Balaban J connectivity index is 2.00. The zero-order chi connectivity index (χ0) is 10.9. The first-order chi connectivity index (χ1) is 7.36. The number of hydrogen-bond acceptors (Lipinski definition) is 1. The highest BCUT2D eigenvalue weighted by Crippen LogP contribution is 2.18. The molecular weight excluding hydrogens is 206 g/mol. The molecule has 0 saturated carbocycles. The first-order valence-electron chi connectivity index (χ1n) is 6.65. The van der Waals surface area contributed by atoms with Gasteiger partial charge in [-0.2, -0.15) is 0 Å². The van der Waals surface area contributed by atoms with Crippen molar-refractivity contribution in [2.75, 3.05) is 25.5 Å². The minimum atomic E-state index is 0.760. The van der Waals surface area contributed by atoms with Gasteiger partial charge in [0.15, 0.2) is 0 Å². The van der Waals surface area contributed by atoms with Crippen LogP contribution in [-0.4, -0.2) is 30.4 Å². The molecule has 0 aromatic carbocycles. The van der Waals surface area contributed by atoms with E-state index in [1.165, 1.54) is 64.6 Å². The van der Waals surface area contributed by atoms with Crippen LogP contribution in [0.3, 0.4) is 0 Å². The second kappa shape index (κ2) is 8.41. The number of unbranched alkanes of at least 4 members (excludes halogenated alkanes) is 4. The SMILES string of the molecule is CCCCCCCN1CCCC(CCl)C1. The van der Waals surface area contributed by atoms with Gasteiger partial charge < -0.3 is 4.90 Å². The molecule has 0 amide bonds. The highest BCUT2D eigenvalue weighted by molar-refractivity contribution is 6.18. The molecule has 0 aromatic heterocycles.